The van der Waals surface area contributed by atoms with Crippen LogP contribution in [0.15, 0.2) is 120 Å². The van der Waals surface area contributed by atoms with Gasteiger partial charge in [-0.3, -0.25) is 4.79 Å². The summed E-state index contributed by atoms with van der Waals surface area (Å²) in [6.07, 6.45) is 7.29. The molecule has 0 bridgehead atoms. The lowest BCUT2D eigenvalue weighted by Gasteiger charge is -2.28. The van der Waals surface area contributed by atoms with Gasteiger partial charge in [0, 0.05) is 26.0 Å². The van der Waals surface area contributed by atoms with Gasteiger partial charge in [0.15, 0.2) is 0 Å². The Morgan fingerprint density at radius 3 is 1.93 bits per heavy atom. The van der Waals surface area contributed by atoms with Crippen molar-refractivity contribution in [2.45, 2.75) is 47.0 Å². The highest BCUT2D eigenvalue weighted by atomic mass is 79.9. The first-order valence-corrected chi connectivity index (χ1v) is 15.3. The SMILES string of the molecule is CC(C)(C)C1=CC(=CC2=C(O)C(=Cc3cc(-c4ccc(Br)cc4)[o+]c(C(C)(C)C)c3)C2=O)C=C(c2ccc(Br)cc2)O1. The van der Waals surface area contributed by atoms with E-state index < -0.39 is 0 Å². The Balaban J connectivity index is 1.54. The van der Waals surface area contributed by atoms with Crippen molar-refractivity contribution in [1.29, 1.82) is 0 Å². The van der Waals surface area contributed by atoms with Gasteiger partial charge in [-0.25, -0.2) is 4.42 Å². The molecule has 0 unspecified atom stereocenters. The van der Waals surface area contributed by atoms with Crippen molar-refractivity contribution in [2.75, 3.05) is 0 Å². The number of ketones is 1. The Morgan fingerprint density at radius 2 is 1.38 bits per heavy atom. The fourth-order valence-corrected chi connectivity index (χ4v) is 5.03. The molecule has 1 N–H and O–H groups in total. The molecule has 0 saturated carbocycles. The maximum atomic E-state index is 13.4. The minimum absolute atomic E-state index is 0.0217. The third kappa shape index (κ3) is 6.45. The van der Waals surface area contributed by atoms with E-state index in [2.05, 4.69) is 73.4 Å². The highest BCUT2D eigenvalue weighted by Gasteiger charge is 2.34. The molecule has 0 atom stereocenters. The number of aliphatic hydroxyl groups is 1. The summed E-state index contributed by atoms with van der Waals surface area (Å²) in [5, 5.41) is 11.1. The second-order valence-electron chi connectivity index (χ2n) is 12.5. The Morgan fingerprint density at radius 1 is 0.786 bits per heavy atom. The first kappa shape index (κ1) is 30.0. The molecule has 1 aromatic heterocycles. The molecule has 0 saturated heterocycles. The number of hydrogen-bond acceptors (Lipinski definition) is 3. The average Bonchev–Trinajstić information content (AvgIpc) is 2.94. The second-order valence-corrected chi connectivity index (χ2v) is 14.4. The zero-order valence-corrected chi connectivity index (χ0v) is 27.7. The van der Waals surface area contributed by atoms with Crippen molar-refractivity contribution in [3.8, 4) is 11.3 Å². The molecule has 0 spiro atoms. The summed E-state index contributed by atoms with van der Waals surface area (Å²) < 4.78 is 14.5. The third-order valence-corrected chi connectivity index (χ3v) is 8.05. The molecule has 5 rings (SSSR count). The van der Waals surface area contributed by atoms with Crippen molar-refractivity contribution < 1.29 is 19.1 Å². The zero-order valence-electron chi connectivity index (χ0n) is 24.5. The van der Waals surface area contributed by atoms with E-state index in [4.69, 9.17) is 9.15 Å². The van der Waals surface area contributed by atoms with Crippen LogP contribution in [0.4, 0.5) is 0 Å². The van der Waals surface area contributed by atoms with Gasteiger partial charge in [0.1, 0.15) is 17.3 Å². The van der Waals surface area contributed by atoms with E-state index in [0.29, 0.717) is 11.5 Å². The summed E-state index contributed by atoms with van der Waals surface area (Å²) in [5.41, 5.74) is 3.45. The molecule has 2 aromatic carbocycles. The van der Waals surface area contributed by atoms with Crippen LogP contribution in [-0.2, 0) is 14.9 Å². The van der Waals surface area contributed by atoms with E-state index in [1.165, 1.54) is 0 Å². The lowest BCUT2D eigenvalue weighted by Crippen LogP contribution is -2.21. The minimum atomic E-state index is -0.255. The van der Waals surface area contributed by atoms with Crippen molar-refractivity contribution in [2.24, 2.45) is 5.41 Å². The summed E-state index contributed by atoms with van der Waals surface area (Å²) in [7, 11) is 0. The van der Waals surface area contributed by atoms with Crippen molar-refractivity contribution in [3.05, 3.63) is 133 Å². The molecule has 1 aliphatic heterocycles. The Hall–Kier alpha value is -3.48. The molecule has 4 nitrogen and oxygen atoms in total. The average molecular weight is 689 g/mol. The van der Waals surface area contributed by atoms with E-state index in [9.17, 15) is 9.90 Å². The van der Waals surface area contributed by atoms with Gasteiger partial charge in [-0.05, 0) is 92.6 Å². The number of allylic oxidation sites excluding steroid dienone is 7. The number of aliphatic hydroxyl groups excluding tert-OH is 1. The molecule has 0 fully saturated rings. The highest BCUT2D eigenvalue weighted by Crippen LogP contribution is 2.39. The summed E-state index contributed by atoms with van der Waals surface area (Å²) in [6.45, 7) is 12.5. The summed E-state index contributed by atoms with van der Waals surface area (Å²) >= 11 is 6.96. The van der Waals surface area contributed by atoms with Crippen LogP contribution in [0.1, 0.15) is 58.4 Å². The summed E-state index contributed by atoms with van der Waals surface area (Å²) in [4.78, 5) is 13.4. The normalized spacial score (nSPS) is 17.7. The maximum Gasteiger partial charge on any atom is 0.360 e. The number of carbonyl (C=O) groups is 1. The van der Waals surface area contributed by atoms with Gasteiger partial charge in [-0.15, -0.1) is 0 Å². The van der Waals surface area contributed by atoms with Crippen LogP contribution >= 0.6 is 31.9 Å². The lowest BCUT2D eigenvalue weighted by molar-refractivity contribution is -0.113. The predicted molar refractivity (Wildman–Crippen MR) is 176 cm³/mol. The summed E-state index contributed by atoms with van der Waals surface area (Å²) in [5.74, 6) is 2.70. The number of rotatable bonds is 4. The quantitative estimate of drug-likeness (QED) is 0.219. The minimum Gasteiger partial charge on any atom is -0.506 e. The highest BCUT2D eigenvalue weighted by molar-refractivity contribution is 9.10. The molecule has 214 valence electrons. The molecule has 3 aromatic rings. The second kappa shape index (κ2) is 11.3. The molecular weight excluding hydrogens is 656 g/mol. The van der Waals surface area contributed by atoms with E-state index in [1.807, 2.05) is 72.8 Å². The van der Waals surface area contributed by atoms with Gasteiger partial charge in [0.2, 0.25) is 5.78 Å². The molecule has 0 amide bonds. The predicted octanol–water partition coefficient (Wildman–Crippen LogP) is 10.8. The molecular formula is C36H33Br2O4+. The fourth-order valence-electron chi connectivity index (χ4n) is 4.51. The van der Waals surface area contributed by atoms with Crippen LogP contribution in [-0.4, -0.2) is 10.9 Å². The first-order valence-electron chi connectivity index (χ1n) is 13.7. The number of carbonyl (C=O) groups excluding carboxylic acids is 1. The van der Waals surface area contributed by atoms with Crippen LogP contribution in [0.25, 0.3) is 23.2 Å². The van der Waals surface area contributed by atoms with Crippen LogP contribution in [0.3, 0.4) is 0 Å². The van der Waals surface area contributed by atoms with Gasteiger partial charge < -0.3 is 9.84 Å². The molecule has 2 heterocycles. The van der Waals surface area contributed by atoms with Crippen molar-refractivity contribution in [3.63, 3.8) is 0 Å². The third-order valence-electron chi connectivity index (χ3n) is 6.99. The van der Waals surface area contributed by atoms with Crippen LogP contribution < -0.4 is 0 Å². The largest absolute Gasteiger partial charge is 0.506 e. The van der Waals surface area contributed by atoms with E-state index in [-0.39, 0.29) is 33.5 Å². The van der Waals surface area contributed by atoms with E-state index >= 15 is 0 Å². The Labute approximate surface area is 264 Å². The van der Waals surface area contributed by atoms with Gasteiger partial charge in [-0.1, -0.05) is 64.8 Å². The number of benzene rings is 2. The molecule has 2 aliphatic rings. The number of halogens is 2. The van der Waals surface area contributed by atoms with Gasteiger partial charge in [-0.2, -0.15) is 0 Å². The number of Topliss-reactive ketones (excluding diaryl/α,β-unsaturated/α-hetero) is 1. The lowest BCUT2D eigenvalue weighted by atomic mass is 9.84. The maximum absolute atomic E-state index is 13.4. The molecule has 1 aliphatic carbocycles. The topological polar surface area (TPSA) is 57.8 Å². The smallest absolute Gasteiger partial charge is 0.360 e. The van der Waals surface area contributed by atoms with Gasteiger partial charge in [0.05, 0.1) is 28.2 Å². The molecule has 42 heavy (non-hydrogen) atoms. The Bertz CT molecular complexity index is 1720. The molecule has 6 heteroatoms. The van der Waals surface area contributed by atoms with Gasteiger partial charge >= 0.3 is 11.5 Å². The van der Waals surface area contributed by atoms with Crippen LogP contribution in [0.2, 0.25) is 0 Å². The standard InChI is InChI=1S/C36H32Br2O4/c1-35(2,3)31-19-21(17-29(41-31)23-7-11-25(37)12-8-23)15-27-33(39)28(34(27)40)16-22-18-30(24-9-13-26(38)14-10-24)42-32(20-22)36(4,5)6/h7-20H,1-6H3/p+1. The first-order chi connectivity index (χ1) is 19.7. The zero-order chi connectivity index (χ0) is 30.4. The van der Waals surface area contributed by atoms with E-state index in [1.54, 1.807) is 12.2 Å². The van der Waals surface area contributed by atoms with Crippen molar-refractivity contribution in [1.82, 2.24) is 0 Å². The Kier molecular flexibility index (Phi) is 8.08. The number of hydrogen-bond donors (Lipinski definition) is 1. The molecule has 0 radical (unpaired) electrons. The summed E-state index contributed by atoms with van der Waals surface area (Å²) in [6, 6.07) is 19.6. The van der Waals surface area contributed by atoms with Crippen molar-refractivity contribution >= 4 is 49.5 Å². The van der Waals surface area contributed by atoms with E-state index in [0.717, 1.165) is 42.7 Å². The van der Waals surface area contributed by atoms with Crippen LogP contribution in [0, 0.1) is 5.41 Å². The van der Waals surface area contributed by atoms with Crippen LogP contribution in [0.5, 0.6) is 0 Å². The number of ether oxygens (including phenoxy) is 1. The van der Waals surface area contributed by atoms with Gasteiger partial charge in [0.25, 0.3) is 0 Å². The fraction of sp³-hybridized carbons (Fsp3) is 0.222. The monoisotopic (exact) mass is 687 g/mol.